The summed E-state index contributed by atoms with van der Waals surface area (Å²) >= 11 is 0. The van der Waals surface area contributed by atoms with Crippen molar-refractivity contribution in [1.82, 2.24) is 9.80 Å². The minimum absolute atomic E-state index is 0.0527. The van der Waals surface area contributed by atoms with Crippen LogP contribution in [-0.2, 0) is 14.3 Å². The predicted octanol–water partition coefficient (Wildman–Crippen LogP) is 1.86. The van der Waals surface area contributed by atoms with Crippen LogP contribution in [0.25, 0.3) is 0 Å². The van der Waals surface area contributed by atoms with Gasteiger partial charge in [0.15, 0.2) is 6.61 Å². The lowest BCUT2D eigenvalue weighted by Crippen LogP contribution is -2.41. The highest BCUT2D eigenvalue weighted by atomic mass is 16.5. The zero-order valence-electron chi connectivity index (χ0n) is 15.5. The summed E-state index contributed by atoms with van der Waals surface area (Å²) in [5.41, 5.74) is 0.790. The van der Waals surface area contributed by atoms with Gasteiger partial charge in [0.05, 0.1) is 11.1 Å². The second-order valence-electron chi connectivity index (χ2n) is 7.16. The van der Waals surface area contributed by atoms with Gasteiger partial charge in [-0.25, -0.2) is 0 Å². The van der Waals surface area contributed by atoms with Crippen LogP contribution in [0.15, 0.2) is 24.3 Å². The van der Waals surface area contributed by atoms with Gasteiger partial charge in [0, 0.05) is 26.1 Å². The Bertz CT molecular complexity index is 725. The van der Waals surface area contributed by atoms with Crippen LogP contribution >= 0.6 is 0 Å². The van der Waals surface area contributed by atoms with E-state index in [2.05, 4.69) is 6.92 Å². The van der Waals surface area contributed by atoms with Crippen molar-refractivity contribution >= 4 is 23.7 Å². The Kier molecular flexibility index (Phi) is 5.88. The number of benzene rings is 1. The van der Waals surface area contributed by atoms with Crippen LogP contribution in [-0.4, -0.2) is 59.7 Å². The lowest BCUT2D eigenvalue weighted by atomic mass is 10.0. The minimum Gasteiger partial charge on any atom is -0.456 e. The maximum absolute atomic E-state index is 12.2. The molecule has 0 radical (unpaired) electrons. The molecule has 144 valence electrons. The fraction of sp³-hybridized carbons (Fsp3) is 0.500. The van der Waals surface area contributed by atoms with Crippen molar-refractivity contribution in [3.8, 4) is 0 Å². The Morgan fingerprint density at radius 1 is 1.15 bits per heavy atom. The SMILES string of the molecule is CC1CCCN(C(=O)COC(=O)CCCN2C(=O)c3ccccc3C2=O)C1. The van der Waals surface area contributed by atoms with Crippen LogP contribution in [0.3, 0.4) is 0 Å². The second kappa shape index (κ2) is 8.33. The molecule has 3 amide bonds. The molecule has 0 aromatic heterocycles. The normalized spacial score (nSPS) is 19.2. The highest BCUT2D eigenvalue weighted by Crippen LogP contribution is 2.22. The first kappa shape index (κ1) is 19.1. The summed E-state index contributed by atoms with van der Waals surface area (Å²) in [7, 11) is 0. The topological polar surface area (TPSA) is 84.0 Å². The van der Waals surface area contributed by atoms with Crippen LogP contribution < -0.4 is 0 Å². The molecule has 1 atom stereocenters. The summed E-state index contributed by atoms with van der Waals surface area (Å²) in [5, 5.41) is 0. The number of carbonyl (C=O) groups excluding carboxylic acids is 4. The smallest absolute Gasteiger partial charge is 0.306 e. The second-order valence-corrected chi connectivity index (χ2v) is 7.16. The van der Waals surface area contributed by atoms with Gasteiger partial charge < -0.3 is 9.64 Å². The number of nitrogens with zero attached hydrogens (tertiary/aromatic N) is 2. The Labute approximate surface area is 158 Å². The summed E-state index contributed by atoms with van der Waals surface area (Å²) < 4.78 is 5.05. The van der Waals surface area contributed by atoms with E-state index in [4.69, 9.17) is 4.74 Å². The quantitative estimate of drug-likeness (QED) is 0.562. The van der Waals surface area contributed by atoms with E-state index in [0.717, 1.165) is 17.7 Å². The molecule has 0 spiro atoms. The highest BCUT2D eigenvalue weighted by molar-refractivity contribution is 6.21. The van der Waals surface area contributed by atoms with Gasteiger partial charge >= 0.3 is 5.97 Å². The lowest BCUT2D eigenvalue weighted by Gasteiger charge is -2.30. The first-order valence-electron chi connectivity index (χ1n) is 9.36. The minimum atomic E-state index is -0.495. The molecule has 0 aliphatic carbocycles. The molecule has 2 heterocycles. The number of rotatable bonds is 6. The van der Waals surface area contributed by atoms with Gasteiger partial charge in [0.1, 0.15) is 0 Å². The number of carbonyl (C=O) groups is 4. The van der Waals surface area contributed by atoms with Crippen LogP contribution in [0.5, 0.6) is 0 Å². The van der Waals surface area contributed by atoms with Crippen LogP contribution in [0.2, 0.25) is 0 Å². The third-order valence-corrected chi connectivity index (χ3v) is 5.01. The molecular formula is C20H24N2O5. The number of fused-ring (bicyclic) bond motifs is 1. The molecular weight excluding hydrogens is 348 g/mol. The molecule has 0 saturated carbocycles. The fourth-order valence-corrected chi connectivity index (χ4v) is 3.55. The van der Waals surface area contributed by atoms with Crippen LogP contribution in [0, 0.1) is 5.92 Å². The van der Waals surface area contributed by atoms with Crippen molar-refractivity contribution in [1.29, 1.82) is 0 Å². The third-order valence-electron chi connectivity index (χ3n) is 5.01. The van der Waals surface area contributed by atoms with Gasteiger partial charge in [-0.3, -0.25) is 24.1 Å². The number of hydrogen-bond acceptors (Lipinski definition) is 5. The Balaban J connectivity index is 1.39. The van der Waals surface area contributed by atoms with Crippen molar-refractivity contribution in [2.45, 2.75) is 32.6 Å². The molecule has 1 fully saturated rings. The maximum atomic E-state index is 12.2. The van der Waals surface area contributed by atoms with Crippen molar-refractivity contribution in [3.05, 3.63) is 35.4 Å². The van der Waals surface area contributed by atoms with E-state index in [-0.39, 0.29) is 37.3 Å². The molecule has 3 rings (SSSR count). The summed E-state index contributed by atoms with van der Waals surface area (Å²) in [6.07, 6.45) is 2.44. The maximum Gasteiger partial charge on any atom is 0.306 e. The average Bonchev–Trinajstić information content (AvgIpc) is 2.91. The molecule has 7 heteroatoms. The van der Waals surface area contributed by atoms with E-state index in [1.54, 1.807) is 29.2 Å². The van der Waals surface area contributed by atoms with Gasteiger partial charge in [-0.05, 0) is 37.3 Å². The molecule has 1 unspecified atom stereocenters. The van der Waals surface area contributed by atoms with Crippen molar-refractivity contribution in [2.24, 2.45) is 5.92 Å². The number of imide groups is 1. The summed E-state index contributed by atoms with van der Waals surface area (Å²) in [6.45, 7) is 3.42. The average molecular weight is 372 g/mol. The van der Waals surface area contributed by atoms with Crippen molar-refractivity contribution < 1.29 is 23.9 Å². The Morgan fingerprint density at radius 3 is 2.44 bits per heavy atom. The first-order valence-corrected chi connectivity index (χ1v) is 9.36. The number of ether oxygens (including phenoxy) is 1. The van der Waals surface area contributed by atoms with E-state index in [9.17, 15) is 19.2 Å². The molecule has 2 aliphatic heterocycles. The van der Waals surface area contributed by atoms with Gasteiger partial charge in [0.2, 0.25) is 0 Å². The van der Waals surface area contributed by atoms with E-state index < -0.39 is 5.97 Å². The molecule has 7 nitrogen and oxygen atoms in total. The number of hydrogen-bond donors (Lipinski definition) is 0. The zero-order valence-corrected chi connectivity index (χ0v) is 15.5. The van der Waals surface area contributed by atoms with Crippen molar-refractivity contribution in [2.75, 3.05) is 26.2 Å². The summed E-state index contributed by atoms with van der Waals surface area (Å²) in [6, 6.07) is 6.67. The molecule has 0 N–H and O–H groups in total. The number of amides is 3. The Morgan fingerprint density at radius 2 is 1.81 bits per heavy atom. The van der Waals surface area contributed by atoms with Gasteiger partial charge in [-0.1, -0.05) is 19.1 Å². The molecule has 1 aromatic carbocycles. The monoisotopic (exact) mass is 372 g/mol. The molecule has 1 aromatic rings. The van der Waals surface area contributed by atoms with Gasteiger partial charge in [-0.2, -0.15) is 0 Å². The van der Waals surface area contributed by atoms with Gasteiger partial charge in [0.25, 0.3) is 17.7 Å². The third kappa shape index (κ3) is 4.35. The molecule has 27 heavy (non-hydrogen) atoms. The standard InChI is InChI=1S/C20H24N2O5/c1-14-6-4-10-21(12-14)17(23)13-27-18(24)9-5-11-22-19(25)15-7-2-3-8-16(15)20(22)26/h2-3,7-8,14H,4-6,9-13H2,1H3. The molecule has 2 aliphatic rings. The lowest BCUT2D eigenvalue weighted by molar-refractivity contribution is -0.152. The number of esters is 1. The highest BCUT2D eigenvalue weighted by Gasteiger charge is 2.34. The van der Waals surface area contributed by atoms with E-state index in [0.29, 0.717) is 36.6 Å². The van der Waals surface area contributed by atoms with Crippen molar-refractivity contribution in [3.63, 3.8) is 0 Å². The predicted molar refractivity (Wildman–Crippen MR) is 97.0 cm³/mol. The summed E-state index contributed by atoms with van der Waals surface area (Å²) in [4.78, 5) is 51.3. The van der Waals surface area contributed by atoms with Crippen LogP contribution in [0.4, 0.5) is 0 Å². The first-order chi connectivity index (χ1) is 13.0. The van der Waals surface area contributed by atoms with E-state index in [1.165, 1.54) is 0 Å². The molecule has 0 bridgehead atoms. The summed E-state index contributed by atoms with van der Waals surface area (Å²) in [5.74, 6) is -0.866. The number of piperidine rings is 1. The largest absolute Gasteiger partial charge is 0.456 e. The fourth-order valence-electron chi connectivity index (χ4n) is 3.55. The van der Waals surface area contributed by atoms with Crippen LogP contribution in [0.1, 0.15) is 53.3 Å². The van der Waals surface area contributed by atoms with Gasteiger partial charge in [-0.15, -0.1) is 0 Å². The van der Waals surface area contributed by atoms with E-state index >= 15 is 0 Å². The molecule has 1 saturated heterocycles. The van der Waals surface area contributed by atoms with E-state index in [1.807, 2.05) is 0 Å². The zero-order chi connectivity index (χ0) is 19.4. The Hall–Kier alpha value is -2.70. The number of likely N-dealkylation sites (tertiary alicyclic amines) is 1.